The zero-order valence-electron chi connectivity index (χ0n) is 9.78. The lowest BCUT2D eigenvalue weighted by Crippen LogP contribution is -2.42. The number of hydrogen-bond donors (Lipinski definition) is 0. The van der Waals surface area contributed by atoms with Gasteiger partial charge in [0.15, 0.2) is 0 Å². The second-order valence-corrected chi connectivity index (χ2v) is 4.98. The molecule has 2 aliphatic rings. The van der Waals surface area contributed by atoms with Crippen LogP contribution in [-0.4, -0.2) is 36.5 Å². The van der Waals surface area contributed by atoms with Crippen LogP contribution in [0.2, 0.25) is 0 Å². The molecular formula is C12H17NO3. The van der Waals surface area contributed by atoms with Gasteiger partial charge in [-0.25, -0.2) is 0 Å². The number of carbonyl (C=O) groups excluding carboxylic acids is 2. The molecule has 0 aromatic carbocycles. The van der Waals surface area contributed by atoms with Crippen LogP contribution in [0.3, 0.4) is 0 Å². The van der Waals surface area contributed by atoms with Gasteiger partial charge in [-0.1, -0.05) is 6.92 Å². The van der Waals surface area contributed by atoms with Crippen molar-refractivity contribution in [2.24, 2.45) is 5.41 Å². The number of amides is 2. The fourth-order valence-electron chi connectivity index (χ4n) is 2.19. The van der Waals surface area contributed by atoms with Crippen molar-refractivity contribution in [3.63, 3.8) is 0 Å². The molecule has 0 saturated carbocycles. The fourth-order valence-corrected chi connectivity index (χ4v) is 2.19. The van der Waals surface area contributed by atoms with Crippen LogP contribution in [0.15, 0.2) is 11.6 Å². The number of imide groups is 1. The largest absolute Gasteiger partial charge is 0.381 e. The van der Waals surface area contributed by atoms with Gasteiger partial charge in [0.05, 0.1) is 0 Å². The van der Waals surface area contributed by atoms with Gasteiger partial charge in [0.1, 0.15) is 0 Å². The van der Waals surface area contributed by atoms with Crippen molar-refractivity contribution in [2.75, 3.05) is 19.8 Å². The highest BCUT2D eigenvalue weighted by molar-refractivity contribution is 6.15. The quantitative estimate of drug-likeness (QED) is 0.659. The zero-order chi connectivity index (χ0) is 11.8. The SMILES string of the molecule is CC1=CC(=O)N(CC2(C)CCOCC2)C1=O. The van der Waals surface area contributed by atoms with E-state index in [1.807, 2.05) is 0 Å². The Balaban J connectivity index is 2.05. The number of hydrogen-bond acceptors (Lipinski definition) is 3. The van der Waals surface area contributed by atoms with Crippen molar-refractivity contribution in [2.45, 2.75) is 26.7 Å². The van der Waals surface area contributed by atoms with E-state index in [2.05, 4.69) is 6.92 Å². The molecule has 2 rings (SSSR count). The third-order valence-corrected chi connectivity index (χ3v) is 3.43. The zero-order valence-corrected chi connectivity index (χ0v) is 9.78. The molecule has 4 nitrogen and oxygen atoms in total. The molecule has 2 amide bonds. The summed E-state index contributed by atoms with van der Waals surface area (Å²) in [7, 11) is 0. The topological polar surface area (TPSA) is 46.6 Å². The van der Waals surface area contributed by atoms with E-state index >= 15 is 0 Å². The summed E-state index contributed by atoms with van der Waals surface area (Å²) in [5, 5.41) is 0. The predicted octanol–water partition coefficient (Wildman–Crippen LogP) is 1.12. The molecular weight excluding hydrogens is 206 g/mol. The Morgan fingerprint density at radius 1 is 1.38 bits per heavy atom. The van der Waals surface area contributed by atoms with Crippen molar-refractivity contribution in [1.82, 2.24) is 4.90 Å². The van der Waals surface area contributed by atoms with Gasteiger partial charge in [-0.2, -0.15) is 0 Å². The molecule has 16 heavy (non-hydrogen) atoms. The maximum Gasteiger partial charge on any atom is 0.256 e. The Morgan fingerprint density at radius 2 is 2.00 bits per heavy atom. The minimum absolute atomic E-state index is 0.0159. The summed E-state index contributed by atoms with van der Waals surface area (Å²) in [5.74, 6) is -0.312. The third-order valence-electron chi connectivity index (χ3n) is 3.43. The van der Waals surface area contributed by atoms with Gasteiger partial charge in [-0.3, -0.25) is 14.5 Å². The van der Waals surface area contributed by atoms with E-state index in [9.17, 15) is 9.59 Å². The smallest absolute Gasteiger partial charge is 0.256 e. The van der Waals surface area contributed by atoms with E-state index in [1.165, 1.54) is 11.0 Å². The molecule has 0 aromatic rings. The second-order valence-electron chi connectivity index (χ2n) is 4.98. The highest BCUT2D eigenvalue weighted by Crippen LogP contribution is 2.32. The first-order valence-corrected chi connectivity index (χ1v) is 5.64. The van der Waals surface area contributed by atoms with Crippen LogP contribution >= 0.6 is 0 Å². The highest BCUT2D eigenvalue weighted by atomic mass is 16.5. The summed E-state index contributed by atoms with van der Waals surface area (Å²) in [5.41, 5.74) is 0.558. The number of nitrogens with zero attached hydrogens (tertiary/aromatic N) is 1. The van der Waals surface area contributed by atoms with E-state index in [1.54, 1.807) is 6.92 Å². The molecule has 0 N–H and O–H groups in total. The summed E-state index contributed by atoms with van der Waals surface area (Å²) < 4.78 is 5.30. The summed E-state index contributed by atoms with van der Waals surface area (Å²) in [6, 6.07) is 0. The van der Waals surface area contributed by atoms with Crippen molar-refractivity contribution in [3.8, 4) is 0 Å². The fraction of sp³-hybridized carbons (Fsp3) is 0.667. The van der Waals surface area contributed by atoms with Gasteiger partial charge >= 0.3 is 0 Å². The van der Waals surface area contributed by atoms with Crippen LogP contribution in [0.25, 0.3) is 0 Å². The highest BCUT2D eigenvalue weighted by Gasteiger charge is 2.36. The van der Waals surface area contributed by atoms with Gasteiger partial charge in [-0.15, -0.1) is 0 Å². The molecule has 0 aliphatic carbocycles. The Kier molecular flexibility index (Phi) is 2.84. The molecule has 88 valence electrons. The first-order chi connectivity index (χ1) is 7.52. The maximum absolute atomic E-state index is 11.7. The monoisotopic (exact) mass is 223 g/mol. The van der Waals surface area contributed by atoms with Crippen molar-refractivity contribution >= 4 is 11.8 Å². The van der Waals surface area contributed by atoms with Crippen molar-refractivity contribution in [3.05, 3.63) is 11.6 Å². The van der Waals surface area contributed by atoms with E-state index in [-0.39, 0.29) is 17.2 Å². The molecule has 2 heterocycles. The molecule has 2 aliphatic heterocycles. The van der Waals surface area contributed by atoms with Gasteiger partial charge in [-0.05, 0) is 25.2 Å². The number of ether oxygens (including phenoxy) is 1. The normalized spacial score (nSPS) is 24.9. The van der Waals surface area contributed by atoms with Crippen LogP contribution in [0.5, 0.6) is 0 Å². The molecule has 1 fully saturated rings. The third kappa shape index (κ3) is 2.02. The molecule has 0 radical (unpaired) electrons. The first kappa shape index (κ1) is 11.3. The average molecular weight is 223 g/mol. The summed E-state index contributed by atoms with van der Waals surface area (Å²) in [6.45, 7) is 5.76. The van der Waals surface area contributed by atoms with Crippen LogP contribution in [0, 0.1) is 5.41 Å². The molecule has 0 bridgehead atoms. The lowest BCUT2D eigenvalue weighted by molar-refractivity contribution is -0.140. The van der Waals surface area contributed by atoms with Crippen LogP contribution in [0.4, 0.5) is 0 Å². The molecule has 4 heteroatoms. The van der Waals surface area contributed by atoms with Crippen molar-refractivity contribution < 1.29 is 14.3 Å². The van der Waals surface area contributed by atoms with Crippen LogP contribution in [-0.2, 0) is 14.3 Å². The second kappa shape index (κ2) is 4.01. The molecule has 0 spiro atoms. The summed E-state index contributed by atoms with van der Waals surface area (Å²) >= 11 is 0. The van der Waals surface area contributed by atoms with Gasteiger partial charge in [0, 0.05) is 31.4 Å². The van der Waals surface area contributed by atoms with Crippen LogP contribution in [0.1, 0.15) is 26.7 Å². The Morgan fingerprint density at radius 3 is 2.50 bits per heavy atom. The maximum atomic E-state index is 11.7. The lowest BCUT2D eigenvalue weighted by atomic mass is 9.82. The minimum Gasteiger partial charge on any atom is -0.381 e. The first-order valence-electron chi connectivity index (χ1n) is 5.64. The van der Waals surface area contributed by atoms with Crippen LogP contribution < -0.4 is 0 Å². The molecule has 1 saturated heterocycles. The van der Waals surface area contributed by atoms with E-state index < -0.39 is 0 Å². The number of carbonyl (C=O) groups is 2. The molecule has 0 aromatic heterocycles. The van der Waals surface area contributed by atoms with E-state index in [0.29, 0.717) is 12.1 Å². The van der Waals surface area contributed by atoms with Gasteiger partial charge < -0.3 is 4.74 Å². The average Bonchev–Trinajstić information content (AvgIpc) is 2.46. The minimum atomic E-state index is -0.171. The predicted molar refractivity (Wildman–Crippen MR) is 58.6 cm³/mol. The molecule has 0 atom stereocenters. The Bertz CT molecular complexity index is 353. The molecule has 0 unspecified atom stereocenters. The standard InChI is InChI=1S/C12H17NO3/c1-9-7-10(14)13(11(9)15)8-12(2)3-5-16-6-4-12/h7H,3-6,8H2,1-2H3. The summed E-state index contributed by atoms with van der Waals surface area (Å²) in [6.07, 6.45) is 3.23. The van der Waals surface area contributed by atoms with Gasteiger partial charge in [0.2, 0.25) is 0 Å². The summed E-state index contributed by atoms with van der Waals surface area (Å²) in [4.78, 5) is 24.7. The lowest BCUT2D eigenvalue weighted by Gasteiger charge is -2.36. The Labute approximate surface area is 95.2 Å². The Hall–Kier alpha value is -1.16. The van der Waals surface area contributed by atoms with E-state index in [4.69, 9.17) is 4.74 Å². The van der Waals surface area contributed by atoms with E-state index in [0.717, 1.165) is 26.1 Å². The van der Waals surface area contributed by atoms with Crippen molar-refractivity contribution in [1.29, 1.82) is 0 Å². The van der Waals surface area contributed by atoms with Gasteiger partial charge in [0.25, 0.3) is 11.8 Å². The number of rotatable bonds is 2.